The van der Waals surface area contributed by atoms with Gasteiger partial charge in [0.05, 0.1) is 6.54 Å². The molecule has 1 aliphatic rings. The number of carboxylic acids is 1. The molecule has 0 aromatic carbocycles. The van der Waals surface area contributed by atoms with Crippen molar-refractivity contribution in [3.05, 3.63) is 37.7 Å². The first-order valence-corrected chi connectivity index (χ1v) is 7.87. The fraction of sp³-hybridized carbons (Fsp3) is 0.500. The Morgan fingerprint density at radius 2 is 2.24 bits per heavy atom. The average molecular weight is 307 g/mol. The Morgan fingerprint density at radius 3 is 2.95 bits per heavy atom. The third kappa shape index (κ3) is 2.65. The van der Waals surface area contributed by atoms with Gasteiger partial charge in [-0.15, -0.1) is 11.3 Å². The summed E-state index contributed by atoms with van der Waals surface area (Å²) in [7, 11) is 0. The van der Waals surface area contributed by atoms with Gasteiger partial charge in [0, 0.05) is 17.8 Å². The molecule has 112 valence electrons. The molecule has 0 unspecified atom stereocenters. The van der Waals surface area contributed by atoms with Crippen LogP contribution in [-0.4, -0.2) is 25.4 Å². The van der Waals surface area contributed by atoms with Crippen molar-refractivity contribution in [1.29, 1.82) is 0 Å². The largest absolute Gasteiger partial charge is 0.477 e. The summed E-state index contributed by atoms with van der Waals surface area (Å²) in [4.78, 5) is 24.6. The van der Waals surface area contributed by atoms with E-state index >= 15 is 0 Å². The summed E-state index contributed by atoms with van der Waals surface area (Å²) in [5.41, 5.74) is 0.766. The fourth-order valence-corrected chi connectivity index (χ4v) is 3.54. The molecule has 0 saturated heterocycles. The first-order valence-electron chi connectivity index (χ1n) is 7.05. The van der Waals surface area contributed by atoms with Crippen LogP contribution in [0.15, 0.2) is 10.9 Å². The van der Waals surface area contributed by atoms with Gasteiger partial charge in [0.2, 0.25) is 0 Å². The highest BCUT2D eigenvalue weighted by Crippen LogP contribution is 2.22. The predicted molar refractivity (Wildman–Crippen MR) is 79.2 cm³/mol. The number of carbonyl (C=O) groups is 1. The maximum Gasteiger partial charge on any atom is 0.346 e. The maximum atomic E-state index is 12.4. The van der Waals surface area contributed by atoms with Crippen molar-refractivity contribution >= 4 is 17.3 Å². The van der Waals surface area contributed by atoms with E-state index in [1.165, 1.54) is 16.0 Å². The van der Waals surface area contributed by atoms with Crippen LogP contribution >= 0.6 is 11.3 Å². The first kappa shape index (κ1) is 14.1. The van der Waals surface area contributed by atoms with Gasteiger partial charge in [-0.1, -0.05) is 6.42 Å². The zero-order valence-electron chi connectivity index (χ0n) is 11.8. The predicted octanol–water partition coefficient (Wildman–Crippen LogP) is 1.89. The number of aryl methyl sites for hydroxylation is 2. The number of rotatable bonds is 3. The number of hydrogen-bond donors (Lipinski definition) is 1. The second-order valence-corrected chi connectivity index (χ2v) is 6.57. The highest BCUT2D eigenvalue weighted by atomic mass is 32.1. The standard InChI is InChI=1S/C14H17N3O3S/c1-9-10(7-11(21-9)13(18)19)8-17-14(20)16-6-4-2-3-5-12(16)15-17/h7H,2-6,8H2,1H3,(H,18,19). The van der Waals surface area contributed by atoms with Crippen LogP contribution < -0.4 is 5.69 Å². The molecule has 0 radical (unpaired) electrons. The Bertz CT molecular complexity index is 741. The van der Waals surface area contributed by atoms with E-state index in [0.717, 1.165) is 48.5 Å². The number of aromatic nitrogens is 3. The minimum atomic E-state index is -0.928. The molecular formula is C14H17N3O3S. The summed E-state index contributed by atoms with van der Waals surface area (Å²) in [6.45, 7) is 2.95. The minimum Gasteiger partial charge on any atom is -0.477 e. The van der Waals surface area contributed by atoms with Gasteiger partial charge in [0.1, 0.15) is 10.7 Å². The number of thiophene rings is 1. The molecule has 0 saturated carbocycles. The summed E-state index contributed by atoms with van der Waals surface area (Å²) >= 11 is 1.24. The molecule has 2 aromatic heterocycles. The SMILES string of the molecule is Cc1sc(C(=O)O)cc1Cn1nc2n(c1=O)CCCCC2. The molecule has 0 spiro atoms. The van der Waals surface area contributed by atoms with Crippen LogP contribution in [-0.2, 0) is 19.5 Å². The highest BCUT2D eigenvalue weighted by Gasteiger charge is 2.17. The van der Waals surface area contributed by atoms with Gasteiger partial charge in [-0.25, -0.2) is 14.3 Å². The molecule has 3 heterocycles. The Hall–Kier alpha value is -1.89. The van der Waals surface area contributed by atoms with E-state index in [0.29, 0.717) is 11.4 Å². The normalized spacial score (nSPS) is 14.7. The van der Waals surface area contributed by atoms with E-state index in [4.69, 9.17) is 5.11 Å². The molecular weight excluding hydrogens is 290 g/mol. The average Bonchev–Trinajstić information content (AvgIpc) is 2.83. The van der Waals surface area contributed by atoms with Crippen molar-refractivity contribution in [2.75, 3.05) is 0 Å². The Balaban J connectivity index is 1.92. The molecule has 1 N–H and O–H groups in total. The van der Waals surface area contributed by atoms with Crippen LogP contribution in [0, 0.1) is 6.92 Å². The van der Waals surface area contributed by atoms with Crippen LogP contribution in [0.5, 0.6) is 0 Å². The van der Waals surface area contributed by atoms with Crippen LogP contribution in [0.4, 0.5) is 0 Å². The van der Waals surface area contributed by atoms with Gasteiger partial charge in [-0.3, -0.25) is 4.57 Å². The molecule has 21 heavy (non-hydrogen) atoms. The summed E-state index contributed by atoms with van der Waals surface area (Å²) in [6, 6.07) is 1.64. The molecule has 1 aliphatic heterocycles. The van der Waals surface area contributed by atoms with E-state index in [9.17, 15) is 9.59 Å². The van der Waals surface area contributed by atoms with Crippen LogP contribution in [0.25, 0.3) is 0 Å². The van der Waals surface area contributed by atoms with Gasteiger partial charge in [0.15, 0.2) is 0 Å². The Morgan fingerprint density at radius 1 is 1.43 bits per heavy atom. The van der Waals surface area contributed by atoms with Gasteiger partial charge < -0.3 is 5.11 Å². The minimum absolute atomic E-state index is 0.0885. The van der Waals surface area contributed by atoms with E-state index in [1.807, 2.05) is 6.92 Å². The van der Waals surface area contributed by atoms with E-state index in [1.54, 1.807) is 10.6 Å². The molecule has 0 bridgehead atoms. The number of fused-ring (bicyclic) bond motifs is 1. The van der Waals surface area contributed by atoms with E-state index in [-0.39, 0.29) is 5.69 Å². The third-order valence-electron chi connectivity index (χ3n) is 3.83. The van der Waals surface area contributed by atoms with Crippen molar-refractivity contribution < 1.29 is 9.90 Å². The van der Waals surface area contributed by atoms with E-state index in [2.05, 4.69) is 5.10 Å². The lowest BCUT2D eigenvalue weighted by Crippen LogP contribution is -2.25. The lowest BCUT2D eigenvalue weighted by molar-refractivity contribution is 0.0702. The maximum absolute atomic E-state index is 12.4. The van der Waals surface area contributed by atoms with Crippen molar-refractivity contribution in [1.82, 2.24) is 14.3 Å². The summed E-state index contributed by atoms with van der Waals surface area (Å²) in [5.74, 6) is -0.0776. The molecule has 6 nitrogen and oxygen atoms in total. The molecule has 3 rings (SSSR count). The van der Waals surface area contributed by atoms with Crippen molar-refractivity contribution in [2.24, 2.45) is 0 Å². The fourth-order valence-electron chi connectivity index (χ4n) is 2.67. The summed E-state index contributed by atoms with van der Waals surface area (Å²) < 4.78 is 3.22. The zero-order chi connectivity index (χ0) is 15.0. The number of aromatic carboxylic acids is 1. The second kappa shape index (κ2) is 5.48. The molecule has 7 heteroatoms. The number of carboxylic acid groups (broad SMARTS) is 1. The molecule has 0 amide bonds. The summed E-state index contributed by atoms with van der Waals surface area (Å²) in [5, 5.41) is 13.5. The second-order valence-electron chi connectivity index (χ2n) is 5.32. The van der Waals surface area contributed by atoms with Crippen molar-refractivity contribution in [2.45, 2.75) is 45.7 Å². The molecule has 0 atom stereocenters. The van der Waals surface area contributed by atoms with Gasteiger partial charge in [-0.05, 0) is 31.4 Å². The van der Waals surface area contributed by atoms with Crippen LogP contribution in [0.2, 0.25) is 0 Å². The lowest BCUT2D eigenvalue weighted by atomic mass is 10.2. The highest BCUT2D eigenvalue weighted by molar-refractivity contribution is 7.14. The number of nitrogens with zero attached hydrogens (tertiary/aromatic N) is 3. The molecule has 0 aliphatic carbocycles. The first-order chi connectivity index (χ1) is 10.1. The van der Waals surface area contributed by atoms with Gasteiger partial charge in [-0.2, -0.15) is 5.10 Å². The van der Waals surface area contributed by atoms with Crippen LogP contribution in [0.3, 0.4) is 0 Å². The Kier molecular flexibility index (Phi) is 3.67. The smallest absolute Gasteiger partial charge is 0.346 e. The monoisotopic (exact) mass is 307 g/mol. The molecule has 2 aromatic rings. The van der Waals surface area contributed by atoms with E-state index < -0.39 is 5.97 Å². The topological polar surface area (TPSA) is 77.1 Å². The third-order valence-corrected chi connectivity index (χ3v) is 4.91. The van der Waals surface area contributed by atoms with Crippen molar-refractivity contribution in [3.63, 3.8) is 0 Å². The Labute approximate surface area is 125 Å². The summed E-state index contributed by atoms with van der Waals surface area (Å²) in [6.07, 6.45) is 4.05. The number of hydrogen-bond acceptors (Lipinski definition) is 4. The molecule has 0 fully saturated rings. The lowest BCUT2D eigenvalue weighted by Gasteiger charge is -1.99. The quantitative estimate of drug-likeness (QED) is 0.939. The van der Waals surface area contributed by atoms with Crippen molar-refractivity contribution in [3.8, 4) is 0 Å². The van der Waals surface area contributed by atoms with Gasteiger partial charge in [0.25, 0.3) is 0 Å². The van der Waals surface area contributed by atoms with Gasteiger partial charge >= 0.3 is 11.7 Å². The zero-order valence-corrected chi connectivity index (χ0v) is 12.7. The van der Waals surface area contributed by atoms with Crippen LogP contribution in [0.1, 0.15) is 45.2 Å².